The van der Waals surface area contributed by atoms with E-state index < -0.39 is 8.07 Å². The molecule has 158 valence electrons. The summed E-state index contributed by atoms with van der Waals surface area (Å²) >= 11 is 0. The van der Waals surface area contributed by atoms with E-state index in [9.17, 15) is 4.79 Å². The van der Waals surface area contributed by atoms with Crippen molar-refractivity contribution in [2.45, 2.75) is 101 Å². The van der Waals surface area contributed by atoms with E-state index in [-0.39, 0.29) is 41.7 Å². The van der Waals surface area contributed by atoms with Gasteiger partial charge < -0.3 is 18.9 Å². The van der Waals surface area contributed by atoms with E-state index in [4.69, 9.17) is 18.9 Å². The molecule has 0 bridgehead atoms. The standard InChI is InChI=1S/C22H36O5Si/c1-6-10-17-11-12-18-20(25-17)15-22(28(7-2,8-3)9-4)21(27-22)19(26-18)13-14-24-16(5)23/h6,11-12,17-21H,1,7-10,13-15H2,2-5H3/t17-,18+,19-,20-,21+,22+/m0/s1. The highest BCUT2D eigenvalue weighted by atomic mass is 28.3. The Morgan fingerprint density at radius 3 is 2.57 bits per heavy atom. The number of carbonyl (C=O) groups is 1. The zero-order valence-corrected chi connectivity index (χ0v) is 18.8. The maximum Gasteiger partial charge on any atom is 0.302 e. The molecule has 0 spiro atoms. The molecular weight excluding hydrogens is 372 g/mol. The van der Waals surface area contributed by atoms with Gasteiger partial charge in [0.15, 0.2) is 0 Å². The van der Waals surface area contributed by atoms with Gasteiger partial charge in [-0.1, -0.05) is 57.1 Å². The van der Waals surface area contributed by atoms with Crippen molar-refractivity contribution in [3.8, 4) is 0 Å². The normalized spacial score (nSPS) is 36.8. The average molecular weight is 409 g/mol. The number of rotatable bonds is 9. The van der Waals surface area contributed by atoms with Crippen LogP contribution in [0.15, 0.2) is 24.8 Å². The number of fused-ring (bicyclic) bond motifs is 2. The number of carbonyl (C=O) groups excluding carboxylic acids is 1. The van der Waals surface area contributed by atoms with Gasteiger partial charge >= 0.3 is 5.97 Å². The van der Waals surface area contributed by atoms with E-state index >= 15 is 0 Å². The van der Waals surface area contributed by atoms with Gasteiger partial charge in [0, 0.05) is 19.8 Å². The van der Waals surface area contributed by atoms with Crippen LogP contribution in [0, 0.1) is 0 Å². The number of esters is 1. The van der Waals surface area contributed by atoms with E-state index in [1.807, 2.05) is 6.08 Å². The summed E-state index contributed by atoms with van der Waals surface area (Å²) in [6, 6.07) is 3.61. The molecule has 0 N–H and O–H groups in total. The van der Waals surface area contributed by atoms with Crippen LogP contribution in [0.25, 0.3) is 0 Å². The lowest BCUT2D eigenvalue weighted by Crippen LogP contribution is -2.53. The van der Waals surface area contributed by atoms with Gasteiger partial charge in [0.05, 0.1) is 38.2 Å². The van der Waals surface area contributed by atoms with Crippen LogP contribution in [-0.4, -0.2) is 56.4 Å². The summed E-state index contributed by atoms with van der Waals surface area (Å²) in [4.78, 5) is 11.2. The Morgan fingerprint density at radius 1 is 1.25 bits per heavy atom. The van der Waals surface area contributed by atoms with Crippen LogP contribution in [0.4, 0.5) is 0 Å². The van der Waals surface area contributed by atoms with Gasteiger partial charge in [-0.15, -0.1) is 6.58 Å². The first-order valence-electron chi connectivity index (χ1n) is 10.9. The Kier molecular flexibility index (Phi) is 6.85. The molecule has 3 aliphatic heterocycles. The number of hydrogen-bond acceptors (Lipinski definition) is 5. The first-order chi connectivity index (χ1) is 13.4. The van der Waals surface area contributed by atoms with Gasteiger partial charge in [-0.05, 0) is 6.42 Å². The quantitative estimate of drug-likeness (QED) is 0.248. The van der Waals surface area contributed by atoms with Crippen LogP contribution in [0.1, 0.15) is 47.0 Å². The monoisotopic (exact) mass is 408 g/mol. The Morgan fingerprint density at radius 2 is 1.96 bits per heavy atom. The van der Waals surface area contributed by atoms with Gasteiger partial charge in [-0.3, -0.25) is 4.79 Å². The van der Waals surface area contributed by atoms with Crippen molar-refractivity contribution < 1.29 is 23.7 Å². The molecule has 5 nitrogen and oxygen atoms in total. The van der Waals surface area contributed by atoms with Crippen molar-refractivity contribution in [2.75, 3.05) is 6.61 Å². The molecule has 3 aliphatic rings. The van der Waals surface area contributed by atoms with E-state index in [0.29, 0.717) is 13.0 Å². The van der Waals surface area contributed by atoms with Crippen molar-refractivity contribution in [3.05, 3.63) is 24.8 Å². The molecule has 0 unspecified atom stereocenters. The molecule has 0 aliphatic carbocycles. The van der Waals surface area contributed by atoms with E-state index in [2.05, 4.69) is 39.5 Å². The lowest BCUT2D eigenvalue weighted by molar-refractivity contribution is -0.143. The van der Waals surface area contributed by atoms with Crippen molar-refractivity contribution in [3.63, 3.8) is 0 Å². The first kappa shape index (κ1) is 21.7. The van der Waals surface area contributed by atoms with E-state index in [1.165, 1.54) is 25.1 Å². The Bertz CT molecular complexity index is 593. The number of epoxide rings is 1. The minimum atomic E-state index is -1.65. The molecular formula is C22H36O5Si. The van der Waals surface area contributed by atoms with Crippen LogP contribution in [0.2, 0.25) is 18.1 Å². The van der Waals surface area contributed by atoms with Crippen LogP contribution in [0.3, 0.4) is 0 Å². The SMILES string of the molecule is C=CC[C@H]1C=C[C@H]2O[C@@H](CCOC(C)=O)[C@H]3O[C@@]3([Si](CC)(CC)CC)C[C@@H]2O1. The molecule has 28 heavy (non-hydrogen) atoms. The van der Waals surface area contributed by atoms with E-state index in [1.54, 1.807) is 0 Å². The average Bonchev–Trinajstić information content (AvgIpc) is 3.40. The maximum absolute atomic E-state index is 11.2. The Hall–Kier alpha value is -0.953. The molecule has 0 saturated carbocycles. The van der Waals surface area contributed by atoms with Crippen LogP contribution < -0.4 is 0 Å². The van der Waals surface area contributed by atoms with Crippen molar-refractivity contribution in [1.82, 2.24) is 0 Å². The molecule has 0 radical (unpaired) electrons. The second-order valence-electron chi connectivity index (χ2n) is 8.36. The zero-order chi connectivity index (χ0) is 20.4. The molecule has 0 aromatic carbocycles. The molecule has 0 amide bonds. The molecule has 6 heteroatoms. The molecule has 3 rings (SSSR count). The van der Waals surface area contributed by atoms with Gasteiger partial charge in [-0.25, -0.2) is 0 Å². The van der Waals surface area contributed by atoms with Crippen molar-refractivity contribution >= 4 is 14.0 Å². The van der Waals surface area contributed by atoms with Gasteiger partial charge in [0.2, 0.25) is 0 Å². The minimum absolute atomic E-state index is 0.00944. The van der Waals surface area contributed by atoms with Crippen LogP contribution in [-0.2, 0) is 23.7 Å². The molecule has 0 aromatic rings. The van der Waals surface area contributed by atoms with Crippen LogP contribution >= 0.6 is 0 Å². The third-order valence-corrected chi connectivity index (χ3v) is 13.6. The van der Waals surface area contributed by atoms with Gasteiger partial charge in [-0.2, -0.15) is 0 Å². The third-order valence-electron chi connectivity index (χ3n) is 7.18. The summed E-state index contributed by atoms with van der Waals surface area (Å²) < 4.78 is 24.7. The summed E-state index contributed by atoms with van der Waals surface area (Å²) in [7, 11) is -1.65. The lowest BCUT2D eigenvalue weighted by Gasteiger charge is -2.38. The van der Waals surface area contributed by atoms with Crippen molar-refractivity contribution in [1.29, 1.82) is 0 Å². The summed E-state index contributed by atoms with van der Waals surface area (Å²) in [5.41, 5.74) is 0. The lowest BCUT2D eigenvalue weighted by atomic mass is 10.0. The minimum Gasteiger partial charge on any atom is -0.466 e. The summed E-state index contributed by atoms with van der Waals surface area (Å²) in [5, 5.41) is -0.0878. The van der Waals surface area contributed by atoms with Crippen LogP contribution in [0.5, 0.6) is 0 Å². The predicted octanol–water partition coefficient (Wildman–Crippen LogP) is 4.18. The second kappa shape index (κ2) is 8.82. The highest BCUT2D eigenvalue weighted by Gasteiger charge is 2.72. The van der Waals surface area contributed by atoms with Gasteiger partial charge in [0.1, 0.15) is 12.2 Å². The zero-order valence-electron chi connectivity index (χ0n) is 17.8. The highest BCUT2D eigenvalue weighted by Crippen LogP contribution is 2.57. The fourth-order valence-corrected chi connectivity index (χ4v) is 10.5. The highest BCUT2D eigenvalue weighted by molar-refractivity contribution is 6.83. The Balaban J connectivity index is 1.86. The van der Waals surface area contributed by atoms with E-state index in [0.717, 1.165) is 12.8 Å². The molecule has 2 fully saturated rings. The summed E-state index contributed by atoms with van der Waals surface area (Å²) in [6.07, 6.45) is 8.60. The Labute approximate surface area is 170 Å². The van der Waals surface area contributed by atoms with Crippen molar-refractivity contribution in [2.24, 2.45) is 0 Å². The number of ether oxygens (including phenoxy) is 4. The number of hydrogen-bond donors (Lipinski definition) is 0. The molecule has 0 aromatic heterocycles. The smallest absolute Gasteiger partial charge is 0.302 e. The molecule has 2 saturated heterocycles. The second-order valence-corrected chi connectivity index (χ2v) is 13.9. The third kappa shape index (κ3) is 3.89. The largest absolute Gasteiger partial charge is 0.466 e. The summed E-state index contributed by atoms with van der Waals surface area (Å²) in [5.74, 6) is -0.248. The fourth-order valence-electron chi connectivity index (χ4n) is 5.43. The predicted molar refractivity (Wildman–Crippen MR) is 112 cm³/mol. The first-order valence-corrected chi connectivity index (χ1v) is 13.5. The fraction of sp³-hybridized carbons (Fsp3) is 0.773. The maximum atomic E-state index is 11.2. The molecule has 6 atom stereocenters. The molecule has 3 heterocycles. The summed E-state index contributed by atoms with van der Waals surface area (Å²) in [6.45, 7) is 12.6. The van der Waals surface area contributed by atoms with Gasteiger partial charge in [0.25, 0.3) is 0 Å². The topological polar surface area (TPSA) is 57.3 Å².